The van der Waals surface area contributed by atoms with Gasteiger partial charge >= 0.3 is 0 Å². The highest BCUT2D eigenvalue weighted by Crippen LogP contribution is 2.37. The fraction of sp³-hybridized carbons (Fsp3) is 0.429. The number of aromatic amines is 1. The second-order valence-electron chi connectivity index (χ2n) is 5.05. The lowest BCUT2D eigenvalue weighted by Gasteiger charge is -2.13. The van der Waals surface area contributed by atoms with Gasteiger partial charge in [0.25, 0.3) is 0 Å². The number of nitrogens with one attached hydrogen (secondary N) is 1. The largest absolute Gasteiger partial charge is 0.481 e. The van der Waals surface area contributed by atoms with Gasteiger partial charge in [-0.2, -0.15) is 0 Å². The molecule has 1 fully saturated rings. The summed E-state index contributed by atoms with van der Waals surface area (Å²) in [6.45, 7) is 0. The molecule has 1 N–H and O–H groups in total. The molecule has 0 spiro atoms. The van der Waals surface area contributed by atoms with Crippen molar-refractivity contribution < 1.29 is 4.74 Å². The molecule has 110 valence electrons. The summed E-state index contributed by atoms with van der Waals surface area (Å²) in [6.07, 6.45) is 6.35. The van der Waals surface area contributed by atoms with Gasteiger partial charge in [-0.15, -0.1) is 0 Å². The first-order valence-corrected chi connectivity index (χ1v) is 8.05. The molecule has 1 saturated carbocycles. The van der Waals surface area contributed by atoms with E-state index in [-0.39, 0.29) is 0 Å². The summed E-state index contributed by atoms with van der Waals surface area (Å²) in [6, 6.07) is 1.75. The van der Waals surface area contributed by atoms with Gasteiger partial charge in [0.05, 0.1) is 11.6 Å². The minimum atomic E-state index is 0.506. The molecule has 2 heterocycles. The number of nitrogens with zero attached hydrogens (tertiary/aromatic N) is 3. The predicted octanol–water partition coefficient (Wildman–Crippen LogP) is 4.02. The number of halogens is 1. The van der Waals surface area contributed by atoms with Crippen molar-refractivity contribution in [2.24, 2.45) is 0 Å². The van der Waals surface area contributed by atoms with E-state index < -0.39 is 0 Å². The Bertz CT molecular complexity index is 712. The van der Waals surface area contributed by atoms with E-state index in [1.807, 2.05) is 0 Å². The molecule has 0 aliphatic heterocycles. The Labute approximate surface area is 136 Å². The van der Waals surface area contributed by atoms with E-state index in [4.69, 9.17) is 17.0 Å². The quantitative estimate of drug-likeness (QED) is 0.830. The van der Waals surface area contributed by atoms with Crippen LogP contribution in [0.5, 0.6) is 5.88 Å². The molecule has 21 heavy (non-hydrogen) atoms. The molecule has 0 bridgehead atoms. The average molecular weight is 367 g/mol. The molecule has 5 nitrogen and oxygen atoms in total. The van der Waals surface area contributed by atoms with E-state index in [2.05, 4.69) is 35.9 Å². The SMILES string of the molecule is COc1cc(-c2nc(=S)c(Br)c(C3CCCC3)[nH]2)ncn1. The summed E-state index contributed by atoms with van der Waals surface area (Å²) in [4.78, 5) is 16.1. The van der Waals surface area contributed by atoms with Crippen molar-refractivity contribution in [1.29, 1.82) is 0 Å². The summed E-state index contributed by atoms with van der Waals surface area (Å²) in [7, 11) is 1.58. The lowest BCUT2D eigenvalue weighted by Crippen LogP contribution is -2.03. The van der Waals surface area contributed by atoms with Crippen LogP contribution in [0.2, 0.25) is 0 Å². The zero-order chi connectivity index (χ0) is 14.8. The molecule has 2 aromatic heterocycles. The fourth-order valence-electron chi connectivity index (χ4n) is 2.67. The van der Waals surface area contributed by atoms with E-state index in [9.17, 15) is 0 Å². The fourth-order valence-corrected chi connectivity index (χ4v) is 3.39. The highest BCUT2D eigenvalue weighted by Gasteiger charge is 2.22. The molecule has 1 aliphatic rings. The summed E-state index contributed by atoms with van der Waals surface area (Å²) in [5.74, 6) is 1.67. The standard InChI is InChI=1S/C14H15BrN4OS/c1-20-10-6-9(16-7-17-10)13-18-12(8-4-2-3-5-8)11(15)14(21)19-13/h6-8H,2-5H2,1H3,(H,18,19,21). The topological polar surface area (TPSA) is 63.7 Å². The van der Waals surface area contributed by atoms with E-state index in [1.54, 1.807) is 13.2 Å². The van der Waals surface area contributed by atoms with E-state index in [1.165, 1.54) is 32.0 Å². The Morgan fingerprint density at radius 3 is 2.81 bits per heavy atom. The molecular formula is C14H15BrN4OS. The van der Waals surface area contributed by atoms with Gasteiger partial charge < -0.3 is 9.72 Å². The lowest BCUT2D eigenvalue weighted by molar-refractivity contribution is 0.397. The minimum Gasteiger partial charge on any atom is -0.481 e. The van der Waals surface area contributed by atoms with Crippen molar-refractivity contribution in [3.8, 4) is 17.4 Å². The molecule has 7 heteroatoms. The number of hydrogen-bond acceptors (Lipinski definition) is 5. The molecule has 2 aromatic rings. The zero-order valence-electron chi connectivity index (χ0n) is 11.6. The Hall–Kier alpha value is -1.34. The molecule has 0 aromatic carbocycles. The van der Waals surface area contributed by atoms with Gasteiger partial charge in [-0.05, 0) is 28.8 Å². The molecule has 0 saturated heterocycles. The van der Waals surface area contributed by atoms with Crippen molar-refractivity contribution in [1.82, 2.24) is 19.9 Å². The Balaban J connectivity index is 2.08. The van der Waals surface area contributed by atoms with Crippen molar-refractivity contribution >= 4 is 28.1 Å². The van der Waals surface area contributed by atoms with Gasteiger partial charge in [0.2, 0.25) is 5.88 Å². The number of ether oxygens (including phenoxy) is 1. The summed E-state index contributed by atoms with van der Waals surface area (Å²) < 4.78 is 6.59. The number of hydrogen-bond donors (Lipinski definition) is 1. The van der Waals surface area contributed by atoms with Crippen molar-refractivity contribution in [2.75, 3.05) is 7.11 Å². The number of rotatable bonds is 3. The van der Waals surface area contributed by atoms with Crippen LogP contribution in [0.3, 0.4) is 0 Å². The van der Waals surface area contributed by atoms with Crippen LogP contribution < -0.4 is 4.74 Å². The first-order valence-electron chi connectivity index (χ1n) is 6.85. The maximum atomic E-state index is 5.37. The third-order valence-electron chi connectivity index (χ3n) is 3.75. The van der Waals surface area contributed by atoms with Crippen LogP contribution in [-0.4, -0.2) is 27.0 Å². The van der Waals surface area contributed by atoms with Crippen molar-refractivity contribution in [2.45, 2.75) is 31.6 Å². The second-order valence-corrected chi connectivity index (χ2v) is 6.22. The van der Waals surface area contributed by atoms with Gasteiger partial charge in [0.1, 0.15) is 16.7 Å². The third kappa shape index (κ3) is 2.98. The van der Waals surface area contributed by atoms with E-state index in [0.717, 1.165) is 10.2 Å². The normalized spacial score (nSPS) is 15.3. The Morgan fingerprint density at radius 2 is 2.10 bits per heavy atom. The highest BCUT2D eigenvalue weighted by molar-refractivity contribution is 9.10. The van der Waals surface area contributed by atoms with Crippen LogP contribution in [0, 0.1) is 4.64 Å². The molecule has 0 atom stereocenters. The first-order chi connectivity index (χ1) is 10.2. The van der Waals surface area contributed by atoms with Gasteiger partial charge in [-0.1, -0.05) is 25.1 Å². The maximum absolute atomic E-state index is 5.37. The maximum Gasteiger partial charge on any atom is 0.216 e. The van der Waals surface area contributed by atoms with Crippen LogP contribution in [0.1, 0.15) is 37.3 Å². The Morgan fingerprint density at radius 1 is 1.33 bits per heavy atom. The number of H-pyrrole nitrogens is 1. The van der Waals surface area contributed by atoms with E-state index in [0.29, 0.717) is 28.0 Å². The van der Waals surface area contributed by atoms with Crippen LogP contribution >= 0.6 is 28.1 Å². The lowest BCUT2D eigenvalue weighted by atomic mass is 10.0. The predicted molar refractivity (Wildman–Crippen MR) is 85.9 cm³/mol. The summed E-state index contributed by atoms with van der Waals surface area (Å²) >= 11 is 8.94. The number of aromatic nitrogens is 4. The van der Waals surface area contributed by atoms with Crippen LogP contribution in [0.4, 0.5) is 0 Å². The molecule has 0 amide bonds. The third-order valence-corrected chi connectivity index (χ3v) is 5.11. The first kappa shape index (κ1) is 14.6. The van der Waals surface area contributed by atoms with Gasteiger partial charge in [0, 0.05) is 17.7 Å². The zero-order valence-corrected chi connectivity index (χ0v) is 14.0. The molecular weight excluding hydrogens is 352 g/mol. The van der Waals surface area contributed by atoms with Gasteiger partial charge in [-0.3, -0.25) is 0 Å². The number of methoxy groups -OCH3 is 1. The smallest absolute Gasteiger partial charge is 0.216 e. The van der Waals surface area contributed by atoms with Gasteiger partial charge in [-0.25, -0.2) is 15.0 Å². The van der Waals surface area contributed by atoms with E-state index >= 15 is 0 Å². The van der Waals surface area contributed by atoms with Crippen molar-refractivity contribution in [3.63, 3.8) is 0 Å². The minimum absolute atomic E-state index is 0.506. The average Bonchev–Trinajstić information content (AvgIpc) is 3.04. The van der Waals surface area contributed by atoms with Crippen LogP contribution in [-0.2, 0) is 0 Å². The Kier molecular flexibility index (Phi) is 4.30. The molecule has 0 unspecified atom stereocenters. The van der Waals surface area contributed by atoms with Crippen molar-refractivity contribution in [3.05, 3.63) is 27.2 Å². The monoisotopic (exact) mass is 366 g/mol. The summed E-state index contributed by atoms with van der Waals surface area (Å²) in [5, 5.41) is 0. The summed E-state index contributed by atoms with van der Waals surface area (Å²) in [5.41, 5.74) is 1.81. The van der Waals surface area contributed by atoms with Gasteiger partial charge in [0.15, 0.2) is 5.82 Å². The molecule has 0 radical (unpaired) electrons. The van der Waals surface area contributed by atoms with Crippen LogP contribution in [0.15, 0.2) is 16.9 Å². The second kappa shape index (κ2) is 6.19. The molecule has 3 rings (SSSR count). The molecule has 1 aliphatic carbocycles. The van der Waals surface area contributed by atoms with Crippen LogP contribution in [0.25, 0.3) is 11.5 Å². The highest BCUT2D eigenvalue weighted by atomic mass is 79.9.